The van der Waals surface area contributed by atoms with Gasteiger partial charge in [0.05, 0.1) is 0 Å². The molecule has 0 radical (unpaired) electrons. The van der Waals surface area contributed by atoms with Gasteiger partial charge in [0.15, 0.2) is 0 Å². The van der Waals surface area contributed by atoms with E-state index in [1.165, 1.54) is 6.08 Å². The summed E-state index contributed by atoms with van der Waals surface area (Å²) in [4.78, 5) is 9.95. The fraction of sp³-hybridized carbons (Fsp3) is 0.250. The van der Waals surface area contributed by atoms with Crippen molar-refractivity contribution in [3.8, 4) is 0 Å². The minimum atomic E-state index is -0.648. The molecule has 2 amide bonds. The number of hydrogen-bond donors (Lipinski definition) is 2. The normalized spacial score (nSPS) is 12.1. The quantitative estimate of drug-likeness (QED) is 0.321. The third kappa shape index (κ3) is 3.49. The molecule has 0 saturated carbocycles. The van der Waals surface area contributed by atoms with Crippen LogP contribution in [-0.4, -0.2) is 11.5 Å². The molecule has 0 aliphatic carbocycles. The zero-order valence-electron chi connectivity index (χ0n) is 4.23. The molecule has 0 aliphatic rings. The van der Waals surface area contributed by atoms with E-state index in [0.29, 0.717) is 0 Å². The van der Waals surface area contributed by atoms with Crippen LogP contribution in [0, 0.1) is 0 Å². The smallest absolute Gasteiger partial charge is 0.313 e. The van der Waals surface area contributed by atoms with Gasteiger partial charge in [-0.05, 0) is 0 Å². The standard InChI is InChI=1S/C4H7ClN2O/c1-2-3(5)7-4(6)8/h2-3H,1H2,(H3,6,7,8). The molecule has 0 aromatic carbocycles. The van der Waals surface area contributed by atoms with Crippen molar-refractivity contribution >= 4 is 17.6 Å². The molecule has 3 nitrogen and oxygen atoms in total. The van der Waals surface area contributed by atoms with Gasteiger partial charge in [0.1, 0.15) is 5.50 Å². The molecule has 8 heavy (non-hydrogen) atoms. The number of carbonyl (C=O) groups is 1. The van der Waals surface area contributed by atoms with E-state index in [2.05, 4.69) is 17.6 Å². The second-order valence-corrected chi connectivity index (χ2v) is 1.62. The summed E-state index contributed by atoms with van der Waals surface area (Å²) in [5.74, 6) is 0. The molecule has 0 heterocycles. The monoisotopic (exact) mass is 134 g/mol. The Balaban J connectivity index is 3.38. The molecular weight excluding hydrogens is 128 g/mol. The number of halogens is 1. The SMILES string of the molecule is C=CC(Cl)NC(N)=O. The van der Waals surface area contributed by atoms with E-state index in [-0.39, 0.29) is 0 Å². The number of urea groups is 1. The van der Waals surface area contributed by atoms with Crippen LogP contribution >= 0.6 is 11.6 Å². The van der Waals surface area contributed by atoms with E-state index >= 15 is 0 Å². The molecule has 46 valence electrons. The summed E-state index contributed by atoms with van der Waals surface area (Å²) in [5, 5.41) is 2.18. The maximum absolute atomic E-state index is 9.95. The molecule has 4 heteroatoms. The molecule has 1 atom stereocenters. The zero-order chi connectivity index (χ0) is 6.57. The van der Waals surface area contributed by atoms with Gasteiger partial charge >= 0.3 is 6.03 Å². The summed E-state index contributed by atoms with van der Waals surface area (Å²) >= 11 is 5.33. The predicted octanol–water partition coefficient (Wildman–Crippen LogP) is 0.406. The lowest BCUT2D eigenvalue weighted by atomic mass is 10.6. The first kappa shape index (κ1) is 7.30. The molecule has 3 N–H and O–H groups in total. The van der Waals surface area contributed by atoms with E-state index < -0.39 is 11.5 Å². The van der Waals surface area contributed by atoms with Crippen LogP contribution in [0.4, 0.5) is 4.79 Å². The van der Waals surface area contributed by atoms with E-state index in [1.54, 1.807) is 0 Å². The van der Waals surface area contributed by atoms with Gasteiger partial charge in [-0.1, -0.05) is 24.3 Å². The highest BCUT2D eigenvalue weighted by Crippen LogP contribution is 1.87. The van der Waals surface area contributed by atoms with Crippen LogP contribution in [0.2, 0.25) is 0 Å². The highest BCUT2D eigenvalue weighted by molar-refractivity contribution is 6.22. The molecule has 0 aromatic heterocycles. The van der Waals surface area contributed by atoms with Crippen molar-refractivity contribution < 1.29 is 4.79 Å². The van der Waals surface area contributed by atoms with Crippen molar-refractivity contribution in [3.05, 3.63) is 12.7 Å². The van der Waals surface area contributed by atoms with Crippen LogP contribution < -0.4 is 11.1 Å². The average molecular weight is 135 g/mol. The van der Waals surface area contributed by atoms with Crippen LogP contribution in [0.25, 0.3) is 0 Å². The van der Waals surface area contributed by atoms with Crippen LogP contribution in [0.5, 0.6) is 0 Å². The van der Waals surface area contributed by atoms with Gasteiger partial charge in [-0.25, -0.2) is 4.79 Å². The lowest BCUT2D eigenvalue weighted by molar-refractivity contribution is 0.249. The minimum Gasteiger partial charge on any atom is -0.352 e. The number of primary amides is 1. The summed E-state index contributed by atoms with van der Waals surface area (Å²) in [6.07, 6.45) is 1.37. The molecule has 0 fully saturated rings. The largest absolute Gasteiger partial charge is 0.352 e. The topological polar surface area (TPSA) is 55.1 Å². The zero-order valence-corrected chi connectivity index (χ0v) is 4.98. The van der Waals surface area contributed by atoms with Crippen molar-refractivity contribution in [2.24, 2.45) is 5.73 Å². The van der Waals surface area contributed by atoms with Gasteiger partial charge < -0.3 is 11.1 Å². The van der Waals surface area contributed by atoms with Crippen molar-refractivity contribution in [3.63, 3.8) is 0 Å². The fourth-order valence-electron chi connectivity index (χ4n) is 0.195. The number of rotatable bonds is 2. The van der Waals surface area contributed by atoms with Gasteiger partial charge in [-0.3, -0.25) is 0 Å². The Hall–Kier alpha value is -0.700. The molecule has 0 aliphatic heterocycles. The van der Waals surface area contributed by atoms with Crippen LogP contribution in [0.15, 0.2) is 12.7 Å². The molecule has 0 aromatic rings. The highest BCUT2D eigenvalue weighted by atomic mass is 35.5. The Morgan fingerprint density at radius 1 is 2.00 bits per heavy atom. The summed E-state index contributed by atoms with van der Waals surface area (Å²) < 4.78 is 0. The van der Waals surface area contributed by atoms with E-state index in [9.17, 15) is 4.79 Å². The third-order valence-corrected chi connectivity index (χ3v) is 0.774. The van der Waals surface area contributed by atoms with Crippen molar-refractivity contribution in [2.45, 2.75) is 5.50 Å². The Labute approximate surface area is 52.5 Å². The Bertz CT molecular complexity index is 104. The molecule has 0 spiro atoms. The maximum Gasteiger partial charge on any atom is 0.313 e. The first-order valence-corrected chi connectivity index (χ1v) is 2.43. The van der Waals surface area contributed by atoms with Gasteiger partial charge in [0, 0.05) is 0 Å². The third-order valence-electron chi connectivity index (χ3n) is 0.487. The molecular formula is C4H7ClN2O. The van der Waals surface area contributed by atoms with Crippen molar-refractivity contribution in [1.82, 2.24) is 5.32 Å². The number of amides is 2. The Morgan fingerprint density at radius 2 is 2.50 bits per heavy atom. The number of carbonyl (C=O) groups excluding carboxylic acids is 1. The molecule has 0 rings (SSSR count). The highest BCUT2D eigenvalue weighted by Gasteiger charge is 1.96. The minimum absolute atomic E-state index is 0.563. The number of hydrogen-bond acceptors (Lipinski definition) is 1. The first-order valence-electron chi connectivity index (χ1n) is 1.99. The number of nitrogens with one attached hydrogen (secondary N) is 1. The van der Waals surface area contributed by atoms with E-state index in [1.807, 2.05) is 0 Å². The summed E-state index contributed by atoms with van der Waals surface area (Å²) in [6, 6.07) is -0.648. The average Bonchev–Trinajstić information content (AvgIpc) is 1.65. The van der Waals surface area contributed by atoms with Gasteiger partial charge in [-0.15, -0.1) is 0 Å². The van der Waals surface area contributed by atoms with Crippen molar-refractivity contribution in [1.29, 1.82) is 0 Å². The maximum atomic E-state index is 9.95. The Kier molecular flexibility index (Phi) is 3.03. The second-order valence-electron chi connectivity index (χ2n) is 1.15. The van der Waals surface area contributed by atoms with E-state index in [0.717, 1.165) is 0 Å². The molecule has 0 bridgehead atoms. The molecule has 0 saturated heterocycles. The summed E-state index contributed by atoms with van der Waals surface area (Å²) in [6.45, 7) is 3.31. The van der Waals surface area contributed by atoms with Gasteiger partial charge in [0.25, 0.3) is 0 Å². The van der Waals surface area contributed by atoms with E-state index in [4.69, 9.17) is 11.6 Å². The fourth-order valence-corrected chi connectivity index (χ4v) is 0.302. The molecule has 1 unspecified atom stereocenters. The van der Waals surface area contributed by atoms with Gasteiger partial charge in [-0.2, -0.15) is 0 Å². The van der Waals surface area contributed by atoms with Crippen LogP contribution in [-0.2, 0) is 0 Å². The van der Waals surface area contributed by atoms with Crippen molar-refractivity contribution in [2.75, 3.05) is 0 Å². The van der Waals surface area contributed by atoms with Gasteiger partial charge in [0.2, 0.25) is 0 Å². The summed E-state index contributed by atoms with van der Waals surface area (Å²) in [7, 11) is 0. The lowest BCUT2D eigenvalue weighted by Gasteiger charge is -2.00. The van der Waals surface area contributed by atoms with Crippen LogP contribution in [0.3, 0.4) is 0 Å². The van der Waals surface area contributed by atoms with Crippen LogP contribution in [0.1, 0.15) is 0 Å². The lowest BCUT2D eigenvalue weighted by Crippen LogP contribution is -2.33. The number of alkyl halides is 1. The summed E-state index contributed by atoms with van der Waals surface area (Å²) in [5.41, 5.74) is 4.12. The first-order chi connectivity index (χ1) is 3.66. The second kappa shape index (κ2) is 3.32. The Morgan fingerprint density at radius 3 is 2.62 bits per heavy atom. The predicted molar refractivity (Wildman–Crippen MR) is 32.6 cm³/mol. The number of nitrogens with two attached hydrogens (primary N) is 1.